The van der Waals surface area contributed by atoms with Gasteiger partial charge in [0, 0.05) is 24.8 Å². The highest BCUT2D eigenvalue weighted by Gasteiger charge is 2.39. The molecule has 1 saturated heterocycles. The molecule has 4 N–H and O–H groups in total. The lowest BCUT2D eigenvalue weighted by Gasteiger charge is -2.19. The molecule has 7 nitrogen and oxygen atoms in total. The second-order valence-corrected chi connectivity index (χ2v) is 5.31. The van der Waals surface area contributed by atoms with Gasteiger partial charge in [-0.15, -0.1) is 11.3 Å². The van der Waals surface area contributed by atoms with E-state index in [1.54, 1.807) is 5.38 Å². The lowest BCUT2D eigenvalue weighted by atomic mass is 10.2. The molecule has 0 saturated carbocycles. The summed E-state index contributed by atoms with van der Waals surface area (Å²) in [6.45, 7) is 0.473. The number of carboxylic acids is 1. The first kappa shape index (κ1) is 13.9. The van der Waals surface area contributed by atoms with E-state index in [2.05, 4.69) is 4.98 Å². The van der Waals surface area contributed by atoms with Gasteiger partial charge in [-0.25, -0.2) is 9.78 Å². The van der Waals surface area contributed by atoms with Crippen molar-refractivity contribution in [3.8, 4) is 0 Å². The number of aliphatic hydroxyl groups excluding tert-OH is 1. The maximum Gasteiger partial charge on any atom is 0.326 e. The summed E-state index contributed by atoms with van der Waals surface area (Å²) in [6, 6.07) is -0.984. The Morgan fingerprint density at radius 1 is 1.58 bits per heavy atom. The Hall–Kier alpha value is -1.51. The number of carbonyl (C=O) groups is 2. The number of thiazole rings is 1. The van der Waals surface area contributed by atoms with Gasteiger partial charge in [0.25, 0.3) is 5.91 Å². The molecule has 0 radical (unpaired) electrons. The van der Waals surface area contributed by atoms with Crippen molar-refractivity contribution in [1.82, 2.24) is 9.88 Å². The molecule has 2 rings (SSSR count). The molecule has 1 amide bonds. The van der Waals surface area contributed by atoms with Gasteiger partial charge in [-0.05, 0) is 6.54 Å². The van der Waals surface area contributed by atoms with Crippen LogP contribution in [0.15, 0.2) is 5.38 Å². The summed E-state index contributed by atoms with van der Waals surface area (Å²) in [5.41, 5.74) is 5.63. The van der Waals surface area contributed by atoms with Crippen LogP contribution >= 0.6 is 11.3 Å². The molecule has 104 valence electrons. The lowest BCUT2D eigenvalue weighted by Crippen LogP contribution is -2.40. The zero-order valence-corrected chi connectivity index (χ0v) is 11.0. The van der Waals surface area contributed by atoms with Crippen LogP contribution in [0.5, 0.6) is 0 Å². The number of amides is 1. The minimum absolute atomic E-state index is 0.0273. The molecule has 2 atom stereocenters. The van der Waals surface area contributed by atoms with Crippen LogP contribution in [0.4, 0.5) is 0 Å². The van der Waals surface area contributed by atoms with Gasteiger partial charge in [0.1, 0.15) is 11.7 Å². The number of β-amino-alcohol motifs (C(OH)–C–C–N with tert-alkyl or cyclic N) is 1. The Morgan fingerprint density at radius 3 is 2.95 bits per heavy atom. The Bertz CT molecular complexity index is 490. The molecule has 8 heteroatoms. The molecule has 1 unspecified atom stereocenters. The summed E-state index contributed by atoms with van der Waals surface area (Å²) in [5.74, 6) is -1.56. The van der Waals surface area contributed by atoms with Crippen molar-refractivity contribution >= 4 is 23.2 Å². The summed E-state index contributed by atoms with van der Waals surface area (Å²) in [6.07, 6.45) is -0.156. The van der Waals surface area contributed by atoms with Crippen LogP contribution in [0, 0.1) is 0 Å². The van der Waals surface area contributed by atoms with Crippen LogP contribution in [-0.4, -0.2) is 57.2 Å². The maximum atomic E-state index is 12.2. The van der Waals surface area contributed by atoms with Gasteiger partial charge in [-0.3, -0.25) is 4.79 Å². The first-order chi connectivity index (χ1) is 9.02. The van der Waals surface area contributed by atoms with E-state index in [0.717, 1.165) is 9.91 Å². The van der Waals surface area contributed by atoms with Gasteiger partial charge >= 0.3 is 5.97 Å². The molecule has 0 aliphatic carbocycles. The standard InChI is InChI=1S/C11H15N3O4S/c12-2-1-9-13-7(5-19-9)10(16)14-4-6(15)3-8(14)11(17)18/h5-6,8,15H,1-4,12H2,(H,17,18)/t6?,8-/m0/s1. The molecule has 1 fully saturated rings. The maximum absolute atomic E-state index is 12.2. The summed E-state index contributed by atoms with van der Waals surface area (Å²) in [7, 11) is 0. The highest BCUT2D eigenvalue weighted by molar-refractivity contribution is 7.09. The van der Waals surface area contributed by atoms with E-state index in [-0.39, 0.29) is 18.7 Å². The largest absolute Gasteiger partial charge is 0.480 e. The number of hydrogen-bond acceptors (Lipinski definition) is 6. The van der Waals surface area contributed by atoms with Gasteiger partial charge < -0.3 is 20.8 Å². The van der Waals surface area contributed by atoms with Crippen molar-refractivity contribution in [2.24, 2.45) is 5.73 Å². The Morgan fingerprint density at radius 2 is 2.32 bits per heavy atom. The van der Waals surface area contributed by atoms with E-state index in [9.17, 15) is 14.7 Å². The number of rotatable bonds is 4. The second kappa shape index (κ2) is 5.64. The zero-order valence-electron chi connectivity index (χ0n) is 10.2. The number of aromatic nitrogens is 1. The molecular weight excluding hydrogens is 270 g/mol. The number of carboxylic acid groups (broad SMARTS) is 1. The molecule has 19 heavy (non-hydrogen) atoms. The van der Waals surface area contributed by atoms with Crippen molar-refractivity contribution in [3.63, 3.8) is 0 Å². The quantitative estimate of drug-likeness (QED) is 0.674. The van der Waals surface area contributed by atoms with Crippen LogP contribution in [0.3, 0.4) is 0 Å². The molecule has 1 aromatic heterocycles. The van der Waals surface area contributed by atoms with Gasteiger partial charge in [-0.1, -0.05) is 0 Å². The fraction of sp³-hybridized carbons (Fsp3) is 0.545. The van der Waals surface area contributed by atoms with Crippen molar-refractivity contribution in [2.75, 3.05) is 13.1 Å². The molecule has 1 aromatic rings. The molecule has 0 spiro atoms. The number of likely N-dealkylation sites (tertiary alicyclic amines) is 1. The van der Waals surface area contributed by atoms with E-state index in [0.29, 0.717) is 13.0 Å². The number of carbonyl (C=O) groups excluding carboxylic acids is 1. The number of nitrogens with zero attached hydrogens (tertiary/aromatic N) is 2. The van der Waals surface area contributed by atoms with Gasteiger partial charge in [-0.2, -0.15) is 0 Å². The minimum Gasteiger partial charge on any atom is -0.480 e. The molecule has 0 bridgehead atoms. The third-order valence-electron chi connectivity index (χ3n) is 2.95. The van der Waals surface area contributed by atoms with Crippen molar-refractivity contribution in [3.05, 3.63) is 16.1 Å². The van der Waals surface area contributed by atoms with Crippen LogP contribution in [0.25, 0.3) is 0 Å². The molecular formula is C11H15N3O4S. The fourth-order valence-electron chi connectivity index (χ4n) is 2.07. The minimum atomic E-state index is -1.11. The van der Waals surface area contributed by atoms with E-state index < -0.39 is 24.0 Å². The number of nitrogens with two attached hydrogens (primary N) is 1. The topological polar surface area (TPSA) is 117 Å². The smallest absolute Gasteiger partial charge is 0.326 e. The third kappa shape index (κ3) is 2.91. The highest BCUT2D eigenvalue weighted by Crippen LogP contribution is 2.21. The Kier molecular flexibility index (Phi) is 4.13. The SMILES string of the molecule is NCCc1nc(C(=O)N2CC(O)C[C@H]2C(=O)O)cs1. The highest BCUT2D eigenvalue weighted by atomic mass is 32.1. The van der Waals surface area contributed by atoms with Gasteiger partial charge in [0.05, 0.1) is 11.1 Å². The molecule has 1 aliphatic rings. The monoisotopic (exact) mass is 285 g/mol. The van der Waals surface area contributed by atoms with Crippen LogP contribution in [0.1, 0.15) is 21.9 Å². The van der Waals surface area contributed by atoms with Crippen molar-refractivity contribution in [1.29, 1.82) is 0 Å². The number of aliphatic hydroxyl groups is 1. The Labute approximate surface area is 113 Å². The third-order valence-corrected chi connectivity index (χ3v) is 3.86. The zero-order chi connectivity index (χ0) is 14.0. The van der Waals surface area contributed by atoms with Crippen molar-refractivity contribution in [2.45, 2.75) is 25.0 Å². The average molecular weight is 285 g/mol. The first-order valence-electron chi connectivity index (χ1n) is 5.89. The summed E-state index contributed by atoms with van der Waals surface area (Å²) >= 11 is 1.32. The van der Waals surface area contributed by atoms with Gasteiger partial charge in [0.2, 0.25) is 0 Å². The number of hydrogen-bond donors (Lipinski definition) is 3. The Balaban J connectivity index is 2.15. The predicted octanol–water partition coefficient (Wildman–Crippen LogP) is -0.696. The first-order valence-corrected chi connectivity index (χ1v) is 6.77. The van der Waals surface area contributed by atoms with E-state index >= 15 is 0 Å². The average Bonchev–Trinajstić information content (AvgIpc) is 2.95. The van der Waals surface area contributed by atoms with Crippen LogP contribution in [-0.2, 0) is 11.2 Å². The normalized spacial score (nSPS) is 22.7. The molecule has 0 aromatic carbocycles. The van der Waals surface area contributed by atoms with Crippen LogP contribution in [0.2, 0.25) is 0 Å². The second-order valence-electron chi connectivity index (χ2n) is 4.37. The lowest BCUT2D eigenvalue weighted by molar-refractivity contribution is -0.141. The van der Waals surface area contributed by atoms with E-state index in [1.165, 1.54) is 11.3 Å². The fourth-order valence-corrected chi connectivity index (χ4v) is 2.85. The van der Waals surface area contributed by atoms with E-state index in [1.807, 2.05) is 0 Å². The van der Waals surface area contributed by atoms with Crippen LogP contribution < -0.4 is 5.73 Å². The summed E-state index contributed by atoms with van der Waals surface area (Å²) < 4.78 is 0. The van der Waals surface area contributed by atoms with E-state index in [4.69, 9.17) is 10.8 Å². The number of aliphatic carboxylic acids is 1. The van der Waals surface area contributed by atoms with Gasteiger partial charge in [0.15, 0.2) is 0 Å². The molecule has 2 heterocycles. The summed E-state index contributed by atoms with van der Waals surface area (Å²) in [5, 5.41) is 20.9. The van der Waals surface area contributed by atoms with Crippen molar-refractivity contribution < 1.29 is 19.8 Å². The molecule has 1 aliphatic heterocycles. The summed E-state index contributed by atoms with van der Waals surface area (Å²) in [4.78, 5) is 28.5. The predicted molar refractivity (Wildman–Crippen MR) is 68.0 cm³/mol.